The SMILES string of the molecule is Cc1c(C(=O)Cc2ccc(Oc3ccnn4ccc(-c5ccc(F)cc5)c34)c(F)c2)c(=O)n(-c2ccccc2)n1C. The summed E-state index contributed by atoms with van der Waals surface area (Å²) in [6.07, 6.45) is 3.12. The third kappa shape index (κ3) is 4.71. The molecule has 0 amide bonds. The van der Waals surface area contributed by atoms with E-state index >= 15 is 4.39 Å². The highest BCUT2D eigenvalue weighted by molar-refractivity contribution is 5.98. The topological polar surface area (TPSA) is 70.5 Å². The van der Waals surface area contributed by atoms with Gasteiger partial charge in [-0.2, -0.15) is 5.10 Å². The van der Waals surface area contributed by atoms with Crippen molar-refractivity contribution in [2.24, 2.45) is 7.05 Å². The Morgan fingerprint density at radius 1 is 0.927 bits per heavy atom. The van der Waals surface area contributed by atoms with Crippen LogP contribution in [0, 0.1) is 18.6 Å². The fourth-order valence-electron chi connectivity index (χ4n) is 4.98. The standard InChI is InChI=1S/C32H24F2N4O3/c1-20-30(32(40)38(36(20)2)24-6-4-3-5-7-24)27(39)19-21-8-13-28(26(34)18-21)41-29-14-16-35-37-17-15-25(31(29)37)22-9-11-23(33)12-10-22/h3-18H,19H2,1-2H3. The summed E-state index contributed by atoms with van der Waals surface area (Å²) in [7, 11) is 1.72. The van der Waals surface area contributed by atoms with Gasteiger partial charge in [0.1, 0.15) is 16.9 Å². The summed E-state index contributed by atoms with van der Waals surface area (Å²) in [6.45, 7) is 1.71. The maximum atomic E-state index is 15.3. The van der Waals surface area contributed by atoms with Gasteiger partial charge in [0.15, 0.2) is 23.1 Å². The summed E-state index contributed by atoms with van der Waals surface area (Å²) < 4.78 is 39.4. The molecular formula is C32H24F2N4O3. The van der Waals surface area contributed by atoms with Crippen LogP contribution in [0.25, 0.3) is 22.3 Å². The maximum Gasteiger partial charge on any atom is 0.282 e. The van der Waals surface area contributed by atoms with Crippen LogP contribution in [0.2, 0.25) is 0 Å². The third-order valence-electron chi connectivity index (χ3n) is 7.09. The van der Waals surface area contributed by atoms with Gasteiger partial charge < -0.3 is 4.74 Å². The van der Waals surface area contributed by atoms with Gasteiger partial charge in [-0.3, -0.25) is 14.3 Å². The van der Waals surface area contributed by atoms with Crippen molar-refractivity contribution in [1.29, 1.82) is 0 Å². The Labute approximate surface area is 233 Å². The van der Waals surface area contributed by atoms with Gasteiger partial charge in [0.2, 0.25) is 0 Å². The fraction of sp³-hybridized carbons (Fsp3) is 0.0938. The van der Waals surface area contributed by atoms with Crippen LogP contribution in [-0.2, 0) is 13.5 Å². The van der Waals surface area contributed by atoms with Crippen LogP contribution in [0.15, 0.2) is 102 Å². The normalized spacial score (nSPS) is 11.2. The predicted molar refractivity (Wildman–Crippen MR) is 151 cm³/mol. The lowest BCUT2D eigenvalue weighted by Gasteiger charge is -2.11. The number of carbonyl (C=O) groups is 1. The molecule has 0 aliphatic heterocycles. The summed E-state index contributed by atoms with van der Waals surface area (Å²) in [5, 5.41) is 4.29. The summed E-state index contributed by atoms with van der Waals surface area (Å²) in [6, 6.07) is 22.8. The van der Waals surface area contributed by atoms with Crippen LogP contribution in [0.1, 0.15) is 21.6 Å². The average molecular weight is 551 g/mol. The molecular weight excluding hydrogens is 526 g/mol. The number of hydrogen-bond donors (Lipinski definition) is 0. The molecule has 3 aromatic carbocycles. The van der Waals surface area contributed by atoms with Gasteiger partial charge in [-0.25, -0.2) is 18.0 Å². The van der Waals surface area contributed by atoms with Gasteiger partial charge in [-0.1, -0.05) is 36.4 Å². The Kier molecular flexibility index (Phi) is 6.55. The second-order valence-corrected chi connectivity index (χ2v) is 9.63. The first kappa shape index (κ1) is 25.9. The number of ketones is 1. The number of rotatable bonds is 7. The van der Waals surface area contributed by atoms with Gasteiger partial charge in [0, 0.05) is 37.0 Å². The summed E-state index contributed by atoms with van der Waals surface area (Å²) in [4.78, 5) is 26.4. The summed E-state index contributed by atoms with van der Waals surface area (Å²) in [5.41, 5.74) is 3.31. The molecule has 3 aromatic heterocycles. The molecule has 0 N–H and O–H groups in total. The molecule has 6 aromatic rings. The van der Waals surface area contributed by atoms with E-state index in [4.69, 9.17) is 4.74 Å². The van der Waals surface area contributed by atoms with E-state index in [2.05, 4.69) is 5.10 Å². The second-order valence-electron chi connectivity index (χ2n) is 9.63. The van der Waals surface area contributed by atoms with Crippen molar-refractivity contribution in [1.82, 2.24) is 19.0 Å². The van der Waals surface area contributed by atoms with E-state index in [0.29, 0.717) is 28.2 Å². The Bertz CT molecular complexity index is 1970. The third-order valence-corrected chi connectivity index (χ3v) is 7.09. The first-order chi connectivity index (χ1) is 19.8. The number of fused-ring (bicyclic) bond motifs is 1. The molecule has 7 nitrogen and oxygen atoms in total. The van der Waals surface area contributed by atoms with Gasteiger partial charge in [0.25, 0.3) is 5.56 Å². The Hall–Kier alpha value is -5.31. The van der Waals surface area contributed by atoms with Crippen LogP contribution in [-0.4, -0.2) is 24.8 Å². The predicted octanol–water partition coefficient (Wildman–Crippen LogP) is 6.30. The van der Waals surface area contributed by atoms with E-state index in [0.717, 1.165) is 11.1 Å². The molecule has 0 unspecified atom stereocenters. The van der Waals surface area contributed by atoms with E-state index in [1.54, 1.807) is 65.8 Å². The van der Waals surface area contributed by atoms with Crippen molar-refractivity contribution in [2.75, 3.05) is 0 Å². The van der Waals surface area contributed by atoms with E-state index in [9.17, 15) is 14.0 Å². The number of para-hydroxylation sites is 1. The highest BCUT2D eigenvalue weighted by atomic mass is 19.1. The molecule has 6 rings (SSSR count). The lowest BCUT2D eigenvalue weighted by Crippen LogP contribution is -2.23. The molecule has 9 heteroatoms. The summed E-state index contributed by atoms with van der Waals surface area (Å²) in [5.74, 6) is -1.10. The number of ether oxygens (including phenoxy) is 1. The van der Waals surface area contributed by atoms with Gasteiger partial charge in [0.05, 0.1) is 11.9 Å². The first-order valence-corrected chi connectivity index (χ1v) is 12.9. The second kappa shape index (κ2) is 10.3. The minimum absolute atomic E-state index is 0.0390. The zero-order valence-corrected chi connectivity index (χ0v) is 22.2. The van der Waals surface area contributed by atoms with Crippen LogP contribution < -0.4 is 10.3 Å². The van der Waals surface area contributed by atoms with Crippen molar-refractivity contribution in [3.05, 3.63) is 136 Å². The lowest BCUT2D eigenvalue weighted by molar-refractivity contribution is 0.0991. The molecule has 0 saturated heterocycles. The highest BCUT2D eigenvalue weighted by Gasteiger charge is 2.23. The van der Waals surface area contributed by atoms with Crippen LogP contribution in [0.3, 0.4) is 0 Å². The Morgan fingerprint density at radius 2 is 1.68 bits per heavy atom. The highest BCUT2D eigenvalue weighted by Crippen LogP contribution is 2.35. The van der Waals surface area contributed by atoms with Gasteiger partial charge in [-0.15, -0.1) is 0 Å². The van der Waals surface area contributed by atoms with Crippen molar-refractivity contribution in [2.45, 2.75) is 13.3 Å². The Morgan fingerprint density at radius 3 is 2.41 bits per heavy atom. The molecule has 0 saturated carbocycles. The monoisotopic (exact) mass is 550 g/mol. The molecule has 0 atom stereocenters. The molecule has 0 spiro atoms. The molecule has 3 heterocycles. The quantitative estimate of drug-likeness (QED) is 0.219. The van der Waals surface area contributed by atoms with E-state index < -0.39 is 17.2 Å². The van der Waals surface area contributed by atoms with Crippen LogP contribution >= 0.6 is 0 Å². The molecule has 0 bridgehead atoms. The zero-order valence-electron chi connectivity index (χ0n) is 22.2. The van der Waals surface area contributed by atoms with Gasteiger partial charge >= 0.3 is 0 Å². The molecule has 0 fully saturated rings. The van der Waals surface area contributed by atoms with Gasteiger partial charge in [-0.05, 0) is 60.5 Å². The lowest BCUT2D eigenvalue weighted by atomic mass is 10.0. The largest absolute Gasteiger partial charge is 0.452 e. The molecule has 0 aliphatic carbocycles. The minimum Gasteiger partial charge on any atom is -0.452 e. The van der Waals surface area contributed by atoms with E-state index in [-0.39, 0.29) is 23.6 Å². The van der Waals surface area contributed by atoms with Crippen LogP contribution in [0.4, 0.5) is 8.78 Å². The van der Waals surface area contributed by atoms with Crippen molar-refractivity contribution < 1.29 is 18.3 Å². The zero-order chi connectivity index (χ0) is 28.7. The number of nitrogens with zero attached hydrogens (tertiary/aromatic N) is 4. The first-order valence-electron chi connectivity index (χ1n) is 12.9. The van der Waals surface area contributed by atoms with Crippen molar-refractivity contribution >= 4 is 11.3 Å². The fourth-order valence-corrected chi connectivity index (χ4v) is 4.98. The number of halogens is 2. The van der Waals surface area contributed by atoms with Crippen molar-refractivity contribution in [3.63, 3.8) is 0 Å². The number of aromatic nitrogens is 4. The minimum atomic E-state index is -0.661. The van der Waals surface area contributed by atoms with Crippen LogP contribution in [0.5, 0.6) is 11.5 Å². The number of Topliss-reactive ketones (excluding diaryl/α,β-unsaturated/α-hetero) is 1. The molecule has 0 radical (unpaired) electrons. The van der Waals surface area contributed by atoms with Crippen molar-refractivity contribution in [3.8, 4) is 28.3 Å². The number of hydrogen-bond acceptors (Lipinski definition) is 4. The number of carbonyl (C=O) groups excluding carboxylic acids is 1. The maximum absolute atomic E-state index is 15.3. The molecule has 0 aliphatic rings. The Balaban J connectivity index is 1.27. The van der Waals surface area contributed by atoms with E-state index in [1.807, 2.05) is 24.3 Å². The number of benzene rings is 3. The molecule has 41 heavy (non-hydrogen) atoms. The smallest absolute Gasteiger partial charge is 0.282 e. The summed E-state index contributed by atoms with van der Waals surface area (Å²) >= 11 is 0. The average Bonchev–Trinajstić information content (AvgIpc) is 3.50. The van der Waals surface area contributed by atoms with E-state index in [1.165, 1.54) is 35.1 Å². The molecule has 204 valence electrons.